The van der Waals surface area contributed by atoms with Crippen LogP contribution in [-0.2, 0) is 6.54 Å². The van der Waals surface area contributed by atoms with Gasteiger partial charge in [0.1, 0.15) is 5.69 Å². The Hall–Kier alpha value is -2.70. The Kier molecular flexibility index (Phi) is 4.92. The SMILES string of the molecule is Cc1ccc(C(=O)N(C)Cc2cn(-c3ccccc3)nc2-c2cccs2)s1. The molecular formula is C21H19N3OS2. The van der Waals surface area contributed by atoms with Gasteiger partial charge < -0.3 is 4.90 Å². The van der Waals surface area contributed by atoms with E-state index in [0.717, 1.165) is 31.6 Å². The Balaban J connectivity index is 1.66. The number of hydrogen-bond acceptors (Lipinski definition) is 4. The van der Waals surface area contributed by atoms with Crippen molar-refractivity contribution in [2.45, 2.75) is 13.5 Å². The number of hydrogen-bond donors (Lipinski definition) is 0. The third-order valence-corrected chi connectivity index (χ3v) is 6.14. The summed E-state index contributed by atoms with van der Waals surface area (Å²) in [4.78, 5) is 17.5. The van der Waals surface area contributed by atoms with Crippen molar-refractivity contribution in [2.24, 2.45) is 0 Å². The molecule has 4 aromatic rings. The molecule has 0 saturated carbocycles. The Morgan fingerprint density at radius 2 is 1.93 bits per heavy atom. The number of nitrogens with zero attached hydrogens (tertiary/aromatic N) is 3. The van der Waals surface area contributed by atoms with E-state index in [1.165, 1.54) is 11.3 Å². The summed E-state index contributed by atoms with van der Waals surface area (Å²) in [5.74, 6) is 0.0395. The van der Waals surface area contributed by atoms with Gasteiger partial charge in [0.2, 0.25) is 0 Å². The van der Waals surface area contributed by atoms with E-state index in [0.29, 0.717) is 6.54 Å². The van der Waals surface area contributed by atoms with Crippen LogP contribution in [0.5, 0.6) is 0 Å². The maximum Gasteiger partial charge on any atom is 0.263 e. The predicted octanol–water partition coefficient (Wildman–Crippen LogP) is 5.24. The second kappa shape index (κ2) is 7.50. The molecule has 0 aliphatic rings. The normalized spacial score (nSPS) is 10.9. The molecule has 1 aromatic carbocycles. The molecule has 0 aliphatic heterocycles. The molecule has 0 fully saturated rings. The minimum absolute atomic E-state index is 0.0395. The molecule has 0 unspecified atom stereocenters. The summed E-state index contributed by atoms with van der Waals surface area (Å²) in [6, 6.07) is 18.0. The van der Waals surface area contributed by atoms with E-state index in [1.807, 2.05) is 78.8 Å². The van der Waals surface area contributed by atoms with Gasteiger partial charge in [-0.15, -0.1) is 22.7 Å². The first-order valence-electron chi connectivity index (χ1n) is 8.61. The molecule has 27 heavy (non-hydrogen) atoms. The van der Waals surface area contributed by atoms with Crippen molar-refractivity contribution in [2.75, 3.05) is 7.05 Å². The maximum absolute atomic E-state index is 12.7. The van der Waals surface area contributed by atoms with Crippen molar-refractivity contribution in [3.63, 3.8) is 0 Å². The second-order valence-corrected chi connectivity index (χ2v) is 8.57. The van der Waals surface area contributed by atoms with E-state index < -0.39 is 0 Å². The second-order valence-electron chi connectivity index (χ2n) is 6.33. The monoisotopic (exact) mass is 393 g/mol. The first-order valence-corrected chi connectivity index (χ1v) is 10.3. The molecule has 0 N–H and O–H groups in total. The maximum atomic E-state index is 12.7. The van der Waals surface area contributed by atoms with Gasteiger partial charge in [-0.3, -0.25) is 4.79 Å². The predicted molar refractivity (Wildman–Crippen MR) is 112 cm³/mol. The van der Waals surface area contributed by atoms with Gasteiger partial charge in [-0.2, -0.15) is 5.10 Å². The lowest BCUT2D eigenvalue weighted by atomic mass is 10.2. The van der Waals surface area contributed by atoms with Gasteiger partial charge in [-0.25, -0.2) is 4.68 Å². The zero-order valence-corrected chi connectivity index (χ0v) is 16.8. The Bertz CT molecular complexity index is 1050. The van der Waals surface area contributed by atoms with E-state index in [-0.39, 0.29) is 5.91 Å². The Morgan fingerprint density at radius 1 is 1.11 bits per heavy atom. The Labute approximate surface area is 166 Å². The third kappa shape index (κ3) is 3.72. The van der Waals surface area contributed by atoms with Gasteiger partial charge in [-0.05, 0) is 42.6 Å². The first kappa shape index (κ1) is 17.7. The van der Waals surface area contributed by atoms with E-state index >= 15 is 0 Å². The van der Waals surface area contributed by atoms with Crippen LogP contribution < -0.4 is 0 Å². The van der Waals surface area contributed by atoms with E-state index in [1.54, 1.807) is 16.2 Å². The molecule has 4 rings (SSSR count). The molecule has 0 saturated heterocycles. The van der Waals surface area contributed by atoms with Crippen LogP contribution >= 0.6 is 22.7 Å². The minimum Gasteiger partial charge on any atom is -0.337 e. The van der Waals surface area contributed by atoms with Gasteiger partial charge in [0.15, 0.2) is 0 Å². The van der Waals surface area contributed by atoms with Crippen molar-refractivity contribution in [1.82, 2.24) is 14.7 Å². The molecule has 6 heteroatoms. The molecule has 0 radical (unpaired) electrons. The van der Waals surface area contributed by atoms with E-state index in [9.17, 15) is 4.79 Å². The summed E-state index contributed by atoms with van der Waals surface area (Å²) in [5, 5.41) is 6.85. The number of rotatable bonds is 5. The quantitative estimate of drug-likeness (QED) is 0.465. The number of para-hydroxylation sites is 1. The van der Waals surface area contributed by atoms with Crippen LogP contribution in [0.2, 0.25) is 0 Å². The summed E-state index contributed by atoms with van der Waals surface area (Å²) in [6.07, 6.45) is 2.02. The van der Waals surface area contributed by atoms with Crippen molar-refractivity contribution in [3.05, 3.63) is 81.5 Å². The first-order chi connectivity index (χ1) is 13.1. The van der Waals surface area contributed by atoms with Crippen LogP contribution in [0.1, 0.15) is 20.1 Å². The molecule has 0 atom stereocenters. The molecule has 1 amide bonds. The average molecular weight is 394 g/mol. The van der Waals surface area contributed by atoms with Crippen molar-refractivity contribution in [1.29, 1.82) is 0 Å². The summed E-state index contributed by atoms with van der Waals surface area (Å²) in [5.41, 5.74) is 2.96. The van der Waals surface area contributed by atoms with E-state index in [4.69, 9.17) is 5.10 Å². The molecule has 136 valence electrons. The average Bonchev–Trinajstić information content (AvgIpc) is 3.42. The molecule has 4 nitrogen and oxygen atoms in total. The number of amides is 1. The number of carbonyl (C=O) groups is 1. The van der Waals surface area contributed by atoms with Crippen LogP contribution in [0.3, 0.4) is 0 Å². The third-order valence-electron chi connectivity index (χ3n) is 4.27. The highest BCUT2D eigenvalue weighted by Crippen LogP contribution is 2.29. The molecule has 3 aromatic heterocycles. The number of benzene rings is 1. The van der Waals surface area contributed by atoms with Gasteiger partial charge >= 0.3 is 0 Å². The molecular weight excluding hydrogens is 374 g/mol. The number of aryl methyl sites for hydroxylation is 1. The van der Waals surface area contributed by atoms with Crippen LogP contribution in [0.4, 0.5) is 0 Å². The van der Waals surface area contributed by atoms with Crippen molar-refractivity contribution < 1.29 is 4.79 Å². The summed E-state index contributed by atoms with van der Waals surface area (Å²) < 4.78 is 1.89. The lowest BCUT2D eigenvalue weighted by Gasteiger charge is -2.16. The van der Waals surface area contributed by atoms with Gasteiger partial charge in [-0.1, -0.05) is 24.3 Å². The highest BCUT2D eigenvalue weighted by Gasteiger charge is 2.19. The summed E-state index contributed by atoms with van der Waals surface area (Å²) in [7, 11) is 1.84. The van der Waals surface area contributed by atoms with Crippen LogP contribution in [0.25, 0.3) is 16.3 Å². The molecule has 0 spiro atoms. The zero-order valence-electron chi connectivity index (χ0n) is 15.1. The van der Waals surface area contributed by atoms with E-state index in [2.05, 4.69) is 6.07 Å². The summed E-state index contributed by atoms with van der Waals surface area (Å²) >= 11 is 3.19. The number of thiophene rings is 2. The lowest BCUT2D eigenvalue weighted by Crippen LogP contribution is -2.25. The van der Waals surface area contributed by atoms with Crippen molar-refractivity contribution in [3.8, 4) is 16.3 Å². The zero-order chi connectivity index (χ0) is 18.8. The van der Waals surface area contributed by atoms with Gasteiger partial charge in [0, 0.05) is 30.2 Å². The topological polar surface area (TPSA) is 38.1 Å². The smallest absolute Gasteiger partial charge is 0.263 e. The highest BCUT2D eigenvalue weighted by molar-refractivity contribution is 7.14. The molecule has 3 heterocycles. The minimum atomic E-state index is 0.0395. The fourth-order valence-corrected chi connectivity index (χ4v) is 4.53. The fourth-order valence-electron chi connectivity index (χ4n) is 2.92. The van der Waals surface area contributed by atoms with Crippen LogP contribution in [0, 0.1) is 6.92 Å². The fraction of sp³-hybridized carbons (Fsp3) is 0.143. The van der Waals surface area contributed by atoms with Gasteiger partial charge in [0.05, 0.1) is 15.4 Å². The van der Waals surface area contributed by atoms with Crippen molar-refractivity contribution >= 4 is 28.6 Å². The van der Waals surface area contributed by atoms with Crippen LogP contribution in [-0.4, -0.2) is 27.6 Å². The highest BCUT2D eigenvalue weighted by atomic mass is 32.1. The summed E-state index contributed by atoms with van der Waals surface area (Å²) in [6.45, 7) is 2.52. The number of carbonyl (C=O) groups excluding carboxylic acids is 1. The largest absolute Gasteiger partial charge is 0.337 e. The molecule has 0 bridgehead atoms. The standard InChI is InChI=1S/C21H19N3OS2/c1-15-10-11-19(27-15)21(25)23(2)13-16-14-24(17-7-4-3-5-8-17)22-20(16)18-9-6-12-26-18/h3-12,14H,13H2,1-2H3. The Morgan fingerprint density at radius 3 is 2.59 bits per heavy atom. The lowest BCUT2D eigenvalue weighted by molar-refractivity contribution is 0.0790. The van der Waals surface area contributed by atoms with Gasteiger partial charge in [0.25, 0.3) is 5.91 Å². The van der Waals surface area contributed by atoms with Crippen LogP contribution in [0.15, 0.2) is 66.2 Å². The number of aromatic nitrogens is 2. The molecule has 0 aliphatic carbocycles.